The van der Waals surface area contributed by atoms with Crippen molar-refractivity contribution in [2.24, 2.45) is 0 Å². The summed E-state index contributed by atoms with van der Waals surface area (Å²) in [6.45, 7) is 2.75. The van der Waals surface area contributed by atoms with Gasteiger partial charge in [0.15, 0.2) is 5.69 Å². The van der Waals surface area contributed by atoms with Crippen LogP contribution in [0.5, 0.6) is 0 Å². The van der Waals surface area contributed by atoms with Crippen LogP contribution in [0, 0.1) is 10.1 Å². The number of hydrogen-bond acceptors (Lipinski definition) is 4. The molecule has 0 atom stereocenters. The Bertz CT molecular complexity index is 677. The molecule has 0 saturated heterocycles. The van der Waals surface area contributed by atoms with E-state index in [-0.39, 0.29) is 11.4 Å². The molecule has 2 aromatic rings. The number of anilines is 1. The first kappa shape index (κ1) is 15.5. The number of nitrogens with zero attached hydrogens (tertiary/aromatic N) is 2. The van der Waals surface area contributed by atoms with E-state index in [0.717, 1.165) is 13.0 Å². The zero-order valence-corrected chi connectivity index (χ0v) is 12.8. The summed E-state index contributed by atoms with van der Waals surface area (Å²) < 4.78 is 0. The molecule has 0 saturated carbocycles. The summed E-state index contributed by atoms with van der Waals surface area (Å²) >= 11 is 12.1. The molecule has 1 aromatic carbocycles. The first-order valence-corrected chi connectivity index (χ1v) is 7.13. The smallest absolute Gasteiger partial charge is 0.295 e. The number of pyridine rings is 1. The fourth-order valence-corrected chi connectivity index (χ4v) is 2.21. The predicted octanol–water partition coefficient (Wildman–Crippen LogP) is 4.79. The second-order valence-electron chi connectivity index (χ2n) is 4.37. The SMILES string of the molecule is CCCNc1ccc([N+](=O)[O-])c(-c2cc(Cl)ccc2Cl)n1. The molecule has 0 amide bonds. The van der Waals surface area contributed by atoms with Gasteiger partial charge >= 0.3 is 0 Å². The Balaban J connectivity index is 2.57. The van der Waals surface area contributed by atoms with Crippen LogP contribution in [-0.4, -0.2) is 16.5 Å². The van der Waals surface area contributed by atoms with Crippen molar-refractivity contribution in [1.82, 2.24) is 4.98 Å². The van der Waals surface area contributed by atoms with E-state index in [1.807, 2.05) is 6.92 Å². The molecule has 0 radical (unpaired) electrons. The van der Waals surface area contributed by atoms with Gasteiger partial charge in [-0.2, -0.15) is 0 Å². The van der Waals surface area contributed by atoms with Crippen LogP contribution in [0.15, 0.2) is 30.3 Å². The molecular weight excluding hydrogens is 313 g/mol. The maximum atomic E-state index is 11.2. The number of nitrogens with one attached hydrogen (secondary N) is 1. The molecule has 21 heavy (non-hydrogen) atoms. The minimum absolute atomic E-state index is 0.110. The van der Waals surface area contributed by atoms with Crippen molar-refractivity contribution in [3.05, 3.63) is 50.5 Å². The zero-order chi connectivity index (χ0) is 15.4. The highest BCUT2D eigenvalue weighted by Gasteiger charge is 2.20. The highest BCUT2D eigenvalue weighted by molar-refractivity contribution is 6.35. The number of rotatable bonds is 5. The van der Waals surface area contributed by atoms with E-state index in [1.165, 1.54) is 6.07 Å². The van der Waals surface area contributed by atoms with Gasteiger partial charge in [-0.05, 0) is 30.7 Å². The van der Waals surface area contributed by atoms with Crippen molar-refractivity contribution in [2.45, 2.75) is 13.3 Å². The van der Waals surface area contributed by atoms with E-state index in [2.05, 4.69) is 10.3 Å². The number of benzene rings is 1. The highest BCUT2D eigenvalue weighted by atomic mass is 35.5. The molecule has 1 aromatic heterocycles. The summed E-state index contributed by atoms with van der Waals surface area (Å²) in [4.78, 5) is 15.0. The van der Waals surface area contributed by atoms with Crippen LogP contribution in [0.3, 0.4) is 0 Å². The summed E-state index contributed by atoms with van der Waals surface area (Å²) in [5, 5.41) is 15.1. The minimum Gasteiger partial charge on any atom is -0.370 e. The van der Waals surface area contributed by atoms with Crippen molar-refractivity contribution in [3.63, 3.8) is 0 Å². The van der Waals surface area contributed by atoms with E-state index in [9.17, 15) is 10.1 Å². The highest BCUT2D eigenvalue weighted by Crippen LogP contribution is 2.35. The van der Waals surface area contributed by atoms with Crippen molar-refractivity contribution in [3.8, 4) is 11.3 Å². The van der Waals surface area contributed by atoms with E-state index >= 15 is 0 Å². The lowest BCUT2D eigenvalue weighted by Gasteiger charge is -2.09. The minimum atomic E-state index is -0.483. The third-order valence-electron chi connectivity index (χ3n) is 2.81. The molecule has 5 nitrogen and oxygen atoms in total. The quantitative estimate of drug-likeness (QED) is 0.634. The Labute approximate surface area is 132 Å². The van der Waals surface area contributed by atoms with Crippen molar-refractivity contribution < 1.29 is 4.92 Å². The third kappa shape index (κ3) is 3.62. The van der Waals surface area contributed by atoms with Gasteiger partial charge in [-0.3, -0.25) is 10.1 Å². The van der Waals surface area contributed by atoms with Crippen LogP contribution in [0.1, 0.15) is 13.3 Å². The Morgan fingerprint density at radius 2 is 2.05 bits per heavy atom. The molecule has 1 heterocycles. The molecular formula is C14H13Cl2N3O2. The summed E-state index contributed by atoms with van der Waals surface area (Å²) in [6, 6.07) is 7.78. The van der Waals surface area contributed by atoms with E-state index in [0.29, 0.717) is 21.4 Å². The van der Waals surface area contributed by atoms with Crippen LogP contribution in [0.4, 0.5) is 11.5 Å². The van der Waals surface area contributed by atoms with Crippen LogP contribution in [0.25, 0.3) is 11.3 Å². The van der Waals surface area contributed by atoms with Crippen molar-refractivity contribution in [2.75, 3.05) is 11.9 Å². The number of nitro groups is 1. The molecule has 2 rings (SSSR count). The lowest BCUT2D eigenvalue weighted by atomic mass is 10.1. The maximum Gasteiger partial charge on any atom is 0.295 e. The standard InChI is InChI=1S/C14H13Cl2N3O2/c1-2-7-17-13-6-5-12(19(20)21)14(18-13)10-8-9(15)3-4-11(10)16/h3-6,8H,2,7H2,1H3,(H,17,18). The largest absolute Gasteiger partial charge is 0.370 e. The topological polar surface area (TPSA) is 68.1 Å². The summed E-state index contributed by atoms with van der Waals surface area (Å²) in [5.74, 6) is 0.563. The average molecular weight is 326 g/mol. The molecule has 1 N–H and O–H groups in total. The van der Waals surface area contributed by atoms with E-state index in [1.54, 1.807) is 24.3 Å². The maximum absolute atomic E-state index is 11.2. The fraction of sp³-hybridized carbons (Fsp3) is 0.214. The fourth-order valence-electron chi connectivity index (χ4n) is 1.83. The Morgan fingerprint density at radius 3 is 2.71 bits per heavy atom. The predicted molar refractivity (Wildman–Crippen MR) is 85.1 cm³/mol. The lowest BCUT2D eigenvalue weighted by molar-refractivity contribution is -0.384. The van der Waals surface area contributed by atoms with Gasteiger partial charge in [0.1, 0.15) is 5.82 Å². The molecule has 0 aliphatic rings. The van der Waals surface area contributed by atoms with Gasteiger partial charge in [0.25, 0.3) is 5.69 Å². The molecule has 7 heteroatoms. The molecule has 0 aliphatic carbocycles. The van der Waals surface area contributed by atoms with Gasteiger partial charge in [0, 0.05) is 23.2 Å². The second-order valence-corrected chi connectivity index (χ2v) is 5.22. The van der Waals surface area contributed by atoms with Crippen LogP contribution < -0.4 is 5.32 Å². The van der Waals surface area contributed by atoms with E-state index < -0.39 is 4.92 Å². The first-order chi connectivity index (χ1) is 10.0. The van der Waals surface area contributed by atoms with Crippen molar-refractivity contribution >= 4 is 34.7 Å². The Morgan fingerprint density at radius 1 is 1.29 bits per heavy atom. The number of hydrogen-bond donors (Lipinski definition) is 1. The normalized spacial score (nSPS) is 10.4. The molecule has 0 unspecified atom stereocenters. The molecule has 0 spiro atoms. The summed E-state index contributed by atoms with van der Waals surface area (Å²) in [6.07, 6.45) is 0.923. The van der Waals surface area contributed by atoms with Crippen molar-refractivity contribution in [1.29, 1.82) is 0 Å². The number of halogens is 2. The molecule has 110 valence electrons. The molecule has 0 bridgehead atoms. The lowest BCUT2D eigenvalue weighted by Crippen LogP contribution is -2.04. The number of aromatic nitrogens is 1. The first-order valence-electron chi connectivity index (χ1n) is 6.37. The van der Waals surface area contributed by atoms with Crippen LogP contribution in [0.2, 0.25) is 10.0 Å². The average Bonchev–Trinajstić information content (AvgIpc) is 2.47. The van der Waals surface area contributed by atoms with Gasteiger partial charge in [0.05, 0.1) is 9.95 Å². The Kier molecular flexibility index (Phi) is 4.98. The van der Waals surface area contributed by atoms with Gasteiger partial charge in [-0.15, -0.1) is 0 Å². The molecule has 0 aliphatic heterocycles. The monoisotopic (exact) mass is 325 g/mol. The summed E-state index contributed by atoms with van der Waals surface area (Å²) in [7, 11) is 0. The molecule has 0 fully saturated rings. The summed E-state index contributed by atoms with van der Waals surface area (Å²) in [5.41, 5.74) is 0.533. The van der Waals surface area contributed by atoms with Crippen LogP contribution >= 0.6 is 23.2 Å². The zero-order valence-electron chi connectivity index (χ0n) is 11.3. The van der Waals surface area contributed by atoms with Gasteiger partial charge in [-0.1, -0.05) is 30.1 Å². The van der Waals surface area contributed by atoms with Gasteiger partial charge in [-0.25, -0.2) is 4.98 Å². The van der Waals surface area contributed by atoms with Crippen LogP contribution in [-0.2, 0) is 0 Å². The van der Waals surface area contributed by atoms with Gasteiger partial charge in [0.2, 0.25) is 0 Å². The third-order valence-corrected chi connectivity index (χ3v) is 3.37. The Hall–Kier alpha value is -1.85. The van der Waals surface area contributed by atoms with Gasteiger partial charge < -0.3 is 5.32 Å². The second kappa shape index (κ2) is 6.74. The van der Waals surface area contributed by atoms with E-state index in [4.69, 9.17) is 23.2 Å².